The quantitative estimate of drug-likeness (QED) is 0.438. The van der Waals surface area contributed by atoms with Gasteiger partial charge in [0.2, 0.25) is 0 Å². The van der Waals surface area contributed by atoms with Crippen LogP contribution in [0.15, 0.2) is 63.9 Å². The van der Waals surface area contributed by atoms with Gasteiger partial charge in [0.25, 0.3) is 11.1 Å². The van der Waals surface area contributed by atoms with Gasteiger partial charge in [-0.2, -0.15) is 0 Å². The Hall–Kier alpha value is -2.81. The summed E-state index contributed by atoms with van der Waals surface area (Å²) in [6.45, 7) is 0.194. The van der Waals surface area contributed by atoms with Crippen LogP contribution >= 0.6 is 34.3 Å². The molecule has 0 spiro atoms. The zero-order chi connectivity index (χ0) is 19.3. The third-order valence-electron chi connectivity index (χ3n) is 4.32. The Morgan fingerprint density at radius 2 is 1.93 bits per heavy atom. The van der Waals surface area contributed by atoms with Crippen molar-refractivity contribution in [2.75, 3.05) is 0 Å². The summed E-state index contributed by atoms with van der Waals surface area (Å²) in [7, 11) is 0. The van der Waals surface area contributed by atoms with E-state index in [0.29, 0.717) is 25.9 Å². The fourth-order valence-corrected chi connectivity index (χ4v) is 4.89. The molecule has 28 heavy (non-hydrogen) atoms. The van der Waals surface area contributed by atoms with Crippen LogP contribution in [0.3, 0.4) is 0 Å². The second-order valence-electron chi connectivity index (χ2n) is 6.15. The van der Waals surface area contributed by atoms with Gasteiger partial charge >= 0.3 is 0 Å². The first-order valence-electron chi connectivity index (χ1n) is 8.29. The third kappa shape index (κ3) is 2.95. The Labute approximate surface area is 170 Å². The van der Waals surface area contributed by atoms with Crippen LogP contribution in [-0.4, -0.2) is 18.9 Å². The van der Waals surface area contributed by atoms with Crippen molar-refractivity contribution in [3.05, 3.63) is 85.7 Å². The van der Waals surface area contributed by atoms with Gasteiger partial charge in [0, 0.05) is 27.5 Å². The highest BCUT2D eigenvalue weighted by Gasteiger charge is 2.12. The Balaban J connectivity index is 1.56. The molecule has 0 saturated heterocycles. The highest BCUT2D eigenvalue weighted by Crippen LogP contribution is 2.31. The minimum Gasteiger partial charge on any atom is -0.292 e. The van der Waals surface area contributed by atoms with Crippen LogP contribution in [0.5, 0.6) is 0 Å². The lowest BCUT2D eigenvalue weighted by Gasteiger charge is -2.04. The molecule has 6 nitrogen and oxygen atoms in total. The number of rotatable bonds is 3. The number of aromatic nitrogens is 4. The fourth-order valence-electron chi connectivity index (χ4n) is 2.96. The summed E-state index contributed by atoms with van der Waals surface area (Å²) in [4.78, 5) is 35.5. The Morgan fingerprint density at radius 1 is 1.11 bits per heavy atom. The first kappa shape index (κ1) is 17.3. The number of hydrogen-bond acceptors (Lipinski definition) is 6. The lowest BCUT2D eigenvalue weighted by molar-refractivity contribution is 0.729. The second kappa shape index (κ2) is 6.66. The molecule has 0 unspecified atom stereocenters. The molecule has 5 rings (SSSR count). The van der Waals surface area contributed by atoms with Crippen molar-refractivity contribution in [1.82, 2.24) is 18.9 Å². The van der Waals surface area contributed by atoms with Crippen molar-refractivity contribution < 1.29 is 0 Å². The summed E-state index contributed by atoms with van der Waals surface area (Å²) in [6.07, 6.45) is 3.18. The van der Waals surface area contributed by atoms with E-state index in [9.17, 15) is 9.59 Å². The van der Waals surface area contributed by atoms with Crippen molar-refractivity contribution >= 4 is 49.5 Å². The van der Waals surface area contributed by atoms with Crippen LogP contribution in [0.25, 0.3) is 25.6 Å². The van der Waals surface area contributed by atoms with E-state index in [2.05, 4.69) is 9.97 Å². The first-order valence-corrected chi connectivity index (χ1v) is 10.4. The minimum atomic E-state index is -0.163. The molecule has 0 aliphatic rings. The molecule has 0 radical (unpaired) electrons. The molecule has 0 amide bonds. The largest absolute Gasteiger partial charge is 0.292 e. The zero-order valence-electron chi connectivity index (χ0n) is 14.2. The molecule has 9 heteroatoms. The van der Waals surface area contributed by atoms with Gasteiger partial charge in [-0.15, -0.1) is 22.7 Å². The number of thiophene rings is 1. The molecule has 5 aromatic rings. The van der Waals surface area contributed by atoms with Crippen LogP contribution in [0.2, 0.25) is 5.02 Å². The summed E-state index contributed by atoms with van der Waals surface area (Å²) in [6, 6.07) is 10.8. The predicted molar refractivity (Wildman–Crippen MR) is 113 cm³/mol. The number of benzene rings is 1. The van der Waals surface area contributed by atoms with Gasteiger partial charge in [0.15, 0.2) is 4.96 Å². The maximum atomic E-state index is 12.9. The number of hydrogen-bond donors (Lipinski definition) is 0. The lowest BCUT2D eigenvalue weighted by Crippen LogP contribution is -2.22. The molecule has 0 atom stereocenters. The number of nitrogens with zero attached hydrogens (tertiary/aromatic N) is 4. The third-order valence-corrected chi connectivity index (χ3v) is 6.49. The van der Waals surface area contributed by atoms with Crippen molar-refractivity contribution in [3.8, 4) is 10.4 Å². The Kier molecular flexibility index (Phi) is 4.12. The average Bonchev–Trinajstić information content (AvgIpc) is 3.32. The molecular formula is C19H11ClN4O2S2. The summed E-state index contributed by atoms with van der Waals surface area (Å²) in [5, 5.41) is 2.47. The normalized spacial score (nSPS) is 11.5. The monoisotopic (exact) mass is 426 g/mol. The van der Waals surface area contributed by atoms with Crippen molar-refractivity contribution in [1.29, 1.82) is 0 Å². The van der Waals surface area contributed by atoms with Crippen LogP contribution in [0, 0.1) is 0 Å². The summed E-state index contributed by atoms with van der Waals surface area (Å²) in [5.74, 6) is 0. The lowest BCUT2D eigenvalue weighted by atomic mass is 10.2. The highest BCUT2D eigenvalue weighted by molar-refractivity contribution is 7.22. The molecule has 0 N–H and O–H groups in total. The Bertz CT molecular complexity index is 1450. The van der Waals surface area contributed by atoms with Crippen LogP contribution < -0.4 is 11.1 Å². The molecule has 0 fully saturated rings. The number of halogens is 1. The minimum absolute atomic E-state index is 0.150. The highest BCUT2D eigenvalue weighted by atomic mass is 35.5. The van der Waals surface area contributed by atoms with Crippen LogP contribution in [0.1, 0.15) is 5.69 Å². The topological polar surface area (TPSA) is 69.3 Å². The van der Waals surface area contributed by atoms with E-state index in [1.165, 1.54) is 44.0 Å². The van der Waals surface area contributed by atoms with Gasteiger partial charge in [-0.05, 0) is 23.8 Å². The van der Waals surface area contributed by atoms with E-state index < -0.39 is 0 Å². The van der Waals surface area contributed by atoms with E-state index >= 15 is 0 Å². The zero-order valence-corrected chi connectivity index (χ0v) is 16.6. The standard InChI is InChI=1S/C19H11ClN4O2S2/c20-12-3-1-11(2-4-12)15-8-14-17(28-15)18(26)23(10-21-14)9-13-7-16(25)24-5-6-27-19(24)22-13/h1-8,10H,9H2. The van der Waals surface area contributed by atoms with Crippen molar-refractivity contribution in [2.24, 2.45) is 0 Å². The van der Waals surface area contributed by atoms with Crippen molar-refractivity contribution in [3.63, 3.8) is 0 Å². The molecule has 4 aromatic heterocycles. The summed E-state index contributed by atoms with van der Waals surface area (Å²) < 4.78 is 3.54. The van der Waals surface area contributed by atoms with E-state index in [4.69, 9.17) is 11.6 Å². The number of fused-ring (bicyclic) bond motifs is 2. The molecule has 4 heterocycles. The second-order valence-corrected chi connectivity index (χ2v) is 8.51. The van der Waals surface area contributed by atoms with Crippen molar-refractivity contribution in [2.45, 2.75) is 6.54 Å². The van der Waals surface area contributed by atoms with Gasteiger partial charge < -0.3 is 0 Å². The summed E-state index contributed by atoms with van der Waals surface area (Å²) >= 11 is 8.72. The van der Waals surface area contributed by atoms with Gasteiger partial charge in [-0.3, -0.25) is 18.6 Å². The van der Waals surface area contributed by atoms with Gasteiger partial charge in [-0.1, -0.05) is 23.7 Å². The maximum absolute atomic E-state index is 12.9. The van der Waals surface area contributed by atoms with Gasteiger partial charge in [-0.25, -0.2) is 9.97 Å². The predicted octanol–water partition coefficient (Wildman–Crippen LogP) is 3.90. The van der Waals surface area contributed by atoms with E-state index in [1.807, 2.05) is 30.3 Å². The van der Waals surface area contributed by atoms with E-state index in [0.717, 1.165) is 10.4 Å². The Morgan fingerprint density at radius 3 is 2.75 bits per heavy atom. The molecule has 0 aliphatic carbocycles. The molecular weight excluding hydrogens is 416 g/mol. The van der Waals surface area contributed by atoms with Gasteiger partial charge in [0.1, 0.15) is 4.70 Å². The molecule has 0 saturated carbocycles. The van der Waals surface area contributed by atoms with Gasteiger partial charge in [0.05, 0.1) is 24.1 Å². The number of thiazole rings is 1. The first-order chi connectivity index (χ1) is 13.6. The summed E-state index contributed by atoms with van der Waals surface area (Å²) in [5.41, 5.74) is 1.85. The van der Waals surface area contributed by atoms with E-state index in [-0.39, 0.29) is 17.7 Å². The SMILES string of the molecule is O=c1c2sc(-c3ccc(Cl)cc3)cc2ncn1Cc1cc(=O)n2ccsc2n1. The average molecular weight is 427 g/mol. The van der Waals surface area contributed by atoms with Crippen LogP contribution in [0.4, 0.5) is 0 Å². The molecule has 0 bridgehead atoms. The smallest absolute Gasteiger partial charge is 0.271 e. The van der Waals surface area contributed by atoms with Crippen LogP contribution in [-0.2, 0) is 6.54 Å². The molecule has 0 aliphatic heterocycles. The molecule has 1 aromatic carbocycles. The van der Waals surface area contributed by atoms with E-state index in [1.54, 1.807) is 11.6 Å². The fraction of sp³-hybridized carbons (Fsp3) is 0.0526. The maximum Gasteiger partial charge on any atom is 0.271 e. The molecule has 138 valence electrons.